The number of carbonyl (C=O) groups excluding carboxylic acids is 2. The monoisotopic (exact) mass is 416 g/mol. The van der Waals surface area contributed by atoms with E-state index in [-0.39, 0.29) is 17.9 Å². The van der Waals surface area contributed by atoms with Crippen LogP contribution in [0.2, 0.25) is 0 Å². The van der Waals surface area contributed by atoms with Gasteiger partial charge in [-0.25, -0.2) is 9.78 Å². The van der Waals surface area contributed by atoms with E-state index < -0.39 is 5.60 Å². The van der Waals surface area contributed by atoms with Gasteiger partial charge in [-0.05, 0) is 45.7 Å². The maximum atomic E-state index is 12.5. The lowest BCUT2D eigenvalue weighted by Gasteiger charge is -2.32. The van der Waals surface area contributed by atoms with Gasteiger partial charge in [-0.3, -0.25) is 15.2 Å². The first kappa shape index (κ1) is 21.1. The number of likely N-dealkylation sites (tertiary alicyclic amines) is 1. The lowest BCUT2D eigenvalue weighted by Crippen LogP contribution is -2.41. The van der Waals surface area contributed by atoms with E-state index in [4.69, 9.17) is 4.74 Å². The molecule has 0 radical (unpaired) electrons. The van der Waals surface area contributed by atoms with Crippen LogP contribution in [0.15, 0.2) is 35.7 Å². The van der Waals surface area contributed by atoms with E-state index in [1.54, 1.807) is 22.3 Å². The standard InChI is InChI=1S/C21H28N4O3S/c1-21(2,3)28-20(27)25-12-10-15(11-13-25)19-22-17(14-29-19)18(26)23-24(4)16-8-6-5-7-9-16/h5-9,14-15H,10-13H2,1-4H3,(H,23,26). The van der Waals surface area contributed by atoms with Crippen molar-refractivity contribution in [2.45, 2.75) is 45.1 Å². The van der Waals surface area contributed by atoms with E-state index in [0.717, 1.165) is 23.5 Å². The number of hydrazine groups is 1. The van der Waals surface area contributed by atoms with Crippen LogP contribution in [0, 0.1) is 0 Å². The van der Waals surface area contributed by atoms with Gasteiger partial charge in [-0.1, -0.05) is 18.2 Å². The van der Waals surface area contributed by atoms with E-state index in [9.17, 15) is 9.59 Å². The molecular formula is C21H28N4O3S. The van der Waals surface area contributed by atoms with Gasteiger partial charge >= 0.3 is 6.09 Å². The molecule has 2 heterocycles. The largest absolute Gasteiger partial charge is 0.444 e. The number of amides is 2. The van der Waals surface area contributed by atoms with E-state index in [2.05, 4.69) is 10.4 Å². The minimum absolute atomic E-state index is 0.231. The Morgan fingerprint density at radius 2 is 1.86 bits per heavy atom. The summed E-state index contributed by atoms with van der Waals surface area (Å²) < 4.78 is 5.44. The molecule has 29 heavy (non-hydrogen) atoms. The van der Waals surface area contributed by atoms with E-state index >= 15 is 0 Å². The molecule has 1 fully saturated rings. The fraction of sp³-hybridized carbons (Fsp3) is 0.476. The van der Waals surface area contributed by atoms with Gasteiger partial charge in [0.05, 0.1) is 10.7 Å². The van der Waals surface area contributed by atoms with Gasteiger partial charge in [0.1, 0.15) is 11.3 Å². The van der Waals surface area contributed by atoms with Crippen LogP contribution < -0.4 is 10.4 Å². The van der Waals surface area contributed by atoms with Crippen molar-refractivity contribution >= 4 is 29.0 Å². The summed E-state index contributed by atoms with van der Waals surface area (Å²) in [5, 5.41) is 4.42. The summed E-state index contributed by atoms with van der Waals surface area (Å²) in [5.74, 6) is 0.0251. The Hall–Kier alpha value is -2.61. The third-order valence-electron chi connectivity index (χ3n) is 4.66. The minimum atomic E-state index is -0.488. The lowest BCUT2D eigenvalue weighted by molar-refractivity contribution is 0.0205. The summed E-state index contributed by atoms with van der Waals surface area (Å²) >= 11 is 1.50. The molecule has 0 unspecified atom stereocenters. The number of thiazole rings is 1. The highest BCUT2D eigenvalue weighted by atomic mass is 32.1. The number of aromatic nitrogens is 1. The quantitative estimate of drug-likeness (QED) is 0.762. The van der Waals surface area contributed by atoms with Crippen LogP contribution in [-0.4, -0.2) is 47.6 Å². The topological polar surface area (TPSA) is 74.8 Å². The third kappa shape index (κ3) is 5.69. The molecule has 0 atom stereocenters. The number of hydrogen-bond donors (Lipinski definition) is 1. The maximum absolute atomic E-state index is 12.5. The number of nitrogens with zero attached hydrogens (tertiary/aromatic N) is 3. The smallest absolute Gasteiger partial charge is 0.410 e. The van der Waals surface area contributed by atoms with Crippen molar-refractivity contribution in [1.82, 2.24) is 15.3 Å². The summed E-state index contributed by atoms with van der Waals surface area (Å²) in [6.45, 7) is 6.88. The molecule has 2 amide bonds. The van der Waals surface area contributed by atoms with E-state index in [1.165, 1.54) is 11.3 Å². The highest BCUT2D eigenvalue weighted by Crippen LogP contribution is 2.31. The molecule has 2 aromatic rings. The Morgan fingerprint density at radius 1 is 1.21 bits per heavy atom. The summed E-state index contributed by atoms with van der Waals surface area (Å²) in [4.78, 5) is 31.0. The summed E-state index contributed by atoms with van der Waals surface area (Å²) in [5.41, 5.74) is 3.67. The average molecular weight is 417 g/mol. The van der Waals surface area contributed by atoms with E-state index in [1.807, 2.05) is 51.1 Å². The van der Waals surface area contributed by atoms with Gasteiger partial charge < -0.3 is 9.64 Å². The molecular weight excluding hydrogens is 388 g/mol. The number of carbonyl (C=O) groups is 2. The highest BCUT2D eigenvalue weighted by molar-refractivity contribution is 7.09. The van der Waals surface area contributed by atoms with Crippen molar-refractivity contribution in [1.29, 1.82) is 0 Å². The molecule has 156 valence electrons. The average Bonchev–Trinajstić information content (AvgIpc) is 3.18. The molecule has 0 spiro atoms. The van der Waals surface area contributed by atoms with Crippen LogP contribution in [-0.2, 0) is 4.74 Å². The predicted octanol–water partition coefficient (Wildman–Crippen LogP) is 4.04. The predicted molar refractivity (Wildman–Crippen MR) is 114 cm³/mol. The Balaban J connectivity index is 1.54. The van der Waals surface area contributed by atoms with Gasteiger partial charge in [-0.15, -0.1) is 11.3 Å². The zero-order valence-corrected chi connectivity index (χ0v) is 18.2. The molecule has 1 aliphatic rings. The number of nitrogens with one attached hydrogen (secondary N) is 1. The van der Waals surface area contributed by atoms with E-state index in [0.29, 0.717) is 18.8 Å². The second-order valence-corrected chi connectivity index (χ2v) is 9.04. The molecule has 1 N–H and O–H groups in total. The molecule has 8 heteroatoms. The molecule has 7 nitrogen and oxygen atoms in total. The van der Waals surface area contributed by atoms with Crippen LogP contribution in [0.5, 0.6) is 0 Å². The fourth-order valence-corrected chi connectivity index (χ4v) is 4.11. The van der Waals surface area contributed by atoms with Gasteiger partial charge in [0.2, 0.25) is 0 Å². The van der Waals surface area contributed by atoms with Crippen molar-refractivity contribution in [3.63, 3.8) is 0 Å². The summed E-state index contributed by atoms with van der Waals surface area (Å²) in [6, 6.07) is 9.61. The number of anilines is 1. The van der Waals surface area contributed by atoms with Crippen LogP contribution in [0.25, 0.3) is 0 Å². The molecule has 0 bridgehead atoms. The lowest BCUT2D eigenvalue weighted by atomic mass is 9.98. The van der Waals surface area contributed by atoms with Crippen LogP contribution in [0.1, 0.15) is 55.0 Å². The zero-order chi connectivity index (χ0) is 21.0. The van der Waals surface area contributed by atoms with Crippen molar-refractivity contribution in [2.75, 3.05) is 25.1 Å². The van der Waals surface area contributed by atoms with Crippen LogP contribution >= 0.6 is 11.3 Å². The number of hydrogen-bond acceptors (Lipinski definition) is 6. The van der Waals surface area contributed by atoms with Crippen molar-refractivity contribution in [3.8, 4) is 0 Å². The number of benzene rings is 1. The zero-order valence-electron chi connectivity index (χ0n) is 17.3. The fourth-order valence-electron chi connectivity index (χ4n) is 3.14. The van der Waals surface area contributed by atoms with Crippen LogP contribution in [0.4, 0.5) is 10.5 Å². The maximum Gasteiger partial charge on any atom is 0.410 e. The third-order valence-corrected chi connectivity index (χ3v) is 5.67. The van der Waals surface area contributed by atoms with Crippen molar-refractivity contribution < 1.29 is 14.3 Å². The normalized spacial score (nSPS) is 15.1. The first-order valence-electron chi connectivity index (χ1n) is 9.76. The number of rotatable bonds is 4. The Kier molecular flexibility index (Phi) is 6.42. The Morgan fingerprint density at radius 3 is 2.48 bits per heavy atom. The second kappa shape index (κ2) is 8.82. The number of ether oxygens (including phenoxy) is 1. The SMILES string of the molecule is CN(NC(=O)c1csc(C2CCN(C(=O)OC(C)(C)C)CC2)n1)c1ccccc1. The minimum Gasteiger partial charge on any atom is -0.444 e. The van der Waals surface area contributed by atoms with Crippen molar-refractivity contribution in [2.24, 2.45) is 0 Å². The highest BCUT2D eigenvalue weighted by Gasteiger charge is 2.29. The van der Waals surface area contributed by atoms with Gasteiger partial charge in [0, 0.05) is 31.4 Å². The first-order chi connectivity index (χ1) is 13.7. The Labute approximate surface area is 175 Å². The van der Waals surface area contributed by atoms with Gasteiger partial charge in [-0.2, -0.15) is 0 Å². The molecule has 1 aromatic heterocycles. The Bertz CT molecular complexity index is 839. The number of para-hydroxylation sites is 1. The number of piperidine rings is 1. The molecule has 1 saturated heterocycles. The van der Waals surface area contributed by atoms with Gasteiger partial charge in [0.25, 0.3) is 5.91 Å². The molecule has 0 aliphatic carbocycles. The molecule has 0 saturated carbocycles. The summed E-state index contributed by atoms with van der Waals surface area (Å²) in [7, 11) is 1.80. The first-order valence-corrected chi connectivity index (χ1v) is 10.6. The van der Waals surface area contributed by atoms with Gasteiger partial charge in [0.15, 0.2) is 0 Å². The van der Waals surface area contributed by atoms with Crippen molar-refractivity contribution in [3.05, 3.63) is 46.4 Å². The second-order valence-electron chi connectivity index (χ2n) is 8.15. The molecule has 3 rings (SSSR count). The van der Waals surface area contributed by atoms with Crippen LogP contribution in [0.3, 0.4) is 0 Å². The summed E-state index contributed by atoms with van der Waals surface area (Å²) in [6.07, 6.45) is 1.37. The molecule has 1 aromatic carbocycles. The molecule has 1 aliphatic heterocycles.